The summed E-state index contributed by atoms with van der Waals surface area (Å²) in [6, 6.07) is 6.30. The lowest BCUT2D eigenvalue weighted by atomic mass is 9.96. The van der Waals surface area contributed by atoms with Gasteiger partial charge in [0.25, 0.3) is 0 Å². The third-order valence-corrected chi connectivity index (χ3v) is 3.47. The van der Waals surface area contributed by atoms with Crippen molar-refractivity contribution in [1.29, 1.82) is 0 Å². The molecule has 3 nitrogen and oxygen atoms in total. The molecule has 0 radical (unpaired) electrons. The van der Waals surface area contributed by atoms with Crippen molar-refractivity contribution in [3.8, 4) is 11.4 Å². The zero-order valence-electron chi connectivity index (χ0n) is 11.2. The predicted octanol–water partition coefficient (Wildman–Crippen LogP) is 3.28. The van der Waals surface area contributed by atoms with Crippen molar-refractivity contribution in [2.45, 2.75) is 33.1 Å². The predicted molar refractivity (Wildman–Crippen MR) is 74.2 cm³/mol. The molecule has 3 rings (SSSR count). The van der Waals surface area contributed by atoms with Crippen molar-refractivity contribution in [2.75, 3.05) is 0 Å². The fraction of sp³-hybridized carbons (Fsp3) is 0.312. The van der Waals surface area contributed by atoms with E-state index in [9.17, 15) is 4.79 Å². The molecule has 0 amide bonds. The second-order valence-electron chi connectivity index (χ2n) is 5.21. The molecule has 0 unspecified atom stereocenters. The number of benzene rings is 1. The lowest BCUT2D eigenvalue weighted by Gasteiger charge is -2.14. The van der Waals surface area contributed by atoms with Gasteiger partial charge in [0.1, 0.15) is 0 Å². The van der Waals surface area contributed by atoms with E-state index in [0.29, 0.717) is 12.0 Å². The fourth-order valence-corrected chi connectivity index (χ4v) is 2.63. The number of ketones is 1. The minimum atomic E-state index is 0.174. The highest BCUT2D eigenvalue weighted by Crippen LogP contribution is 2.23. The van der Waals surface area contributed by atoms with Crippen molar-refractivity contribution in [3.05, 3.63) is 46.8 Å². The van der Waals surface area contributed by atoms with E-state index in [4.69, 9.17) is 0 Å². The Morgan fingerprint density at radius 2 is 1.79 bits per heavy atom. The number of aromatic nitrogens is 2. The van der Waals surface area contributed by atoms with Crippen LogP contribution in [-0.4, -0.2) is 15.8 Å². The first-order valence-electron chi connectivity index (χ1n) is 6.61. The van der Waals surface area contributed by atoms with Crippen LogP contribution < -0.4 is 0 Å². The maximum Gasteiger partial charge on any atom is 0.166 e. The van der Waals surface area contributed by atoms with Gasteiger partial charge in [0.15, 0.2) is 11.6 Å². The Balaban J connectivity index is 2.09. The molecule has 0 saturated carbocycles. The Bertz CT molecular complexity index is 642. The molecule has 2 aromatic rings. The Morgan fingerprint density at radius 3 is 2.53 bits per heavy atom. The summed E-state index contributed by atoms with van der Waals surface area (Å²) in [5, 5.41) is 0. The number of fused-ring (bicyclic) bond motifs is 1. The minimum absolute atomic E-state index is 0.174. The van der Waals surface area contributed by atoms with E-state index in [-0.39, 0.29) is 5.78 Å². The van der Waals surface area contributed by atoms with Crippen LogP contribution in [0.4, 0.5) is 0 Å². The summed E-state index contributed by atoms with van der Waals surface area (Å²) in [7, 11) is 0. The summed E-state index contributed by atoms with van der Waals surface area (Å²) in [6.45, 7) is 4.14. The van der Waals surface area contributed by atoms with Gasteiger partial charge in [-0.3, -0.25) is 4.79 Å². The normalized spacial score (nSPS) is 14.3. The van der Waals surface area contributed by atoms with Gasteiger partial charge in [-0.1, -0.05) is 17.2 Å². The number of aryl methyl sites for hydroxylation is 3. The molecular weight excluding hydrogens is 236 g/mol. The zero-order valence-corrected chi connectivity index (χ0v) is 11.2. The zero-order chi connectivity index (χ0) is 13.4. The number of Topliss-reactive ketones (excluding diaryl/α,β-unsaturated/α-hetero) is 1. The van der Waals surface area contributed by atoms with Gasteiger partial charge in [-0.25, -0.2) is 9.97 Å². The Morgan fingerprint density at radius 1 is 1.05 bits per heavy atom. The van der Waals surface area contributed by atoms with Crippen LogP contribution in [-0.2, 0) is 6.42 Å². The maximum atomic E-state index is 11.8. The van der Waals surface area contributed by atoms with Crippen molar-refractivity contribution < 1.29 is 4.79 Å². The molecule has 1 aromatic heterocycles. The first-order chi connectivity index (χ1) is 9.13. The summed E-state index contributed by atoms with van der Waals surface area (Å²) in [5.74, 6) is 0.897. The summed E-state index contributed by atoms with van der Waals surface area (Å²) in [5.41, 5.74) is 5.04. The second kappa shape index (κ2) is 4.57. The molecule has 0 aliphatic heterocycles. The van der Waals surface area contributed by atoms with E-state index < -0.39 is 0 Å². The van der Waals surface area contributed by atoms with E-state index in [0.717, 1.165) is 29.9 Å². The van der Waals surface area contributed by atoms with E-state index in [1.165, 1.54) is 11.1 Å². The summed E-state index contributed by atoms with van der Waals surface area (Å²) in [6.07, 6.45) is 4.09. The maximum absolute atomic E-state index is 11.8. The first kappa shape index (κ1) is 12.0. The average molecular weight is 252 g/mol. The topological polar surface area (TPSA) is 42.9 Å². The van der Waals surface area contributed by atoms with Gasteiger partial charge in [0.05, 0.1) is 11.3 Å². The first-order valence-corrected chi connectivity index (χ1v) is 6.61. The summed E-state index contributed by atoms with van der Waals surface area (Å²) >= 11 is 0. The number of rotatable bonds is 1. The third kappa shape index (κ3) is 2.28. The Kier molecular flexibility index (Phi) is 2.90. The van der Waals surface area contributed by atoms with E-state index in [2.05, 4.69) is 42.0 Å². The molecule has 1 heterocycles. The highest BCUT2D eigenvalue weighted by Gasteiger charge is 2.19. The standard InChI is InChI=1S/C16H16N2O/c1-10-6-11(2)8-12(7-10)16-17-9-13-14(18-16)4-3-5-15(13)19/h6-9H,3-5H2,1-2H3. The number of carbonyl (C=O) groups excluding carboxylic acids is 1. The van der Waals surface area contributed by atoms with Crippen LogP contribution in [0.15, 0.2) is 24.4 Å². The number of hydrogen-bond acceptors (Lipinski definition) is 3. The largest absolute Gasteiger partial charge is 0.294 e. The highest BCUT2D eigenvalue weighted by atomic mass is 16.1. The SMILES string of the molecule is Cc1cc(C)cc(-c2ncc3c(n2)CCCC3=O)c1. The van der Waals surface area contributed by atoms with Gasteiger partial charge in [-0.15, -0.1) is 0 Å². The average Bonchev–Trinajstić information content (AvgIpc) is 2.37. The van der Waals surface area contributed by atoms with E-state index >= 15 is 0 Å². The Hall–Kier alpha value is -2.03. The van der Waals surface area contributed by atoms with Crippen LogP contribution in [0.5, 0.6) is 0 Å². The van der Waals surface area contributed by atoms with Crippen LogP contribution in [0.25, 0.3) is 11.4 Å². The van der Waals surface area contributed by atoms with Crippen LogP contribution in [0.3, 0.4) is 0 Å². The summed E-state index contributed by atoms with van der Waals surface area (Å²) in [4.78, 5) is 20.7. The minimum Gasteiger partial charge on any atom is -0.294 e. The molecule has 19 heavy (non-hydrogen) atoms. The van der Waals surface area contributed by atoms with Crippen LogP contribution in [0.1, 0.15) is 40.0 Å². The third-order valence-electron chi connectivity index (χ3n) is 3.47. The molecule has 3 heteroatoms. The van der Waals surface area contributed by atoms with Crippen molar-refractivity contribution >= 4 is 5.78 Å². The molecule has 1 aromatic carbocycles. The van der Waals surface area contributed by atoms with Crippen molar-refractivity contribution in [1.82, 2.24) is 9.97 Å². The number of carbonyl (C=O) groups is 1. The summed E-state index contributed by atoms with van der Waals surface area (Å²) < 4.78 is 0. The van der Waals surface area contributed by atoms with Crippen LogP contribution >= 0.6 is 0 Å². The molecule has 1 aliphatic rings. The Labute approximate surface area is 112 Å². The van der Waals surface area contributed by atoms with Gasteiger partial charge < -0.3 is 0 Å². The molecular formula is C16H16N2O. The monoisotopic (exact) mass is 252 g/mol. The molecule has 0 fully saturated rings. The van der Waals surface area contributed by atoms with Crippen molar-refractivity contribution in [3.63, 3.8) is 0 Å². The molecule has 96 valence electrons. The molecule has 0 bridgehead atoms. The number of nitrogens with zero attached hydrogens (tertiary/aromatic N) is 2. The van der Waals surface area contributed by atoms with Gasteiger partial charge >= 0.3 is 0 Å². The number of hydrogen-bond donors (Lipinski definition) is 0. The lowest BCUT2D eigenvalue weighted by molar-refractivity contribution is 0.0971. The molecule has 1 aliphatic carbocycles. The second-order valence-corrected chi connectivity index (χ2v) is 5.21. The van der Waals surface area contributed by atoms with Gasteiger partial charge in [-0.2, -0.15) is 0 Å². The van der Waals surface area contributed by atoms with E-state index in [1.807, 2.05) is 0 Å². The quantitative estimate of drug-likeness (QED) is 0.782. The molecule has 0 atom stereocenters. The fourth-order valence-electron chi connectivity index (χ4n) is 2.63. The highest BCUT2D eigenvalue weighted by molar-refractivity contribution is 5.97. The molecule has 0 N–H and O–H groups in total. The van der Waals surface area contributed by atoms with Crippen LogP contribution in [0.2, 0.25) is 0 Å². The van der Waals surface area contributed by atoms with Crippen LogP contribution in [0, 0.1) is 13.8 Å². The van der Waals surface area contributed by atoms with Gasteiger partial charge in [-0.05, 0) is 38.8 Å². The van der Waals surface area contributed by atoms with Gasteiger partial charge in [0.2, 0.25) is 0 Å². The smallest absolute Gasteiger partial charge is 0.166 e. The lowest BCUT2D eigenvalue weighted by Crippen LogP contribution is -2.13. The van der Waals surface area contributed by atoms with Gasteiger partial charge in [0, 0.05) is 18.2 Å². The molecule has 0 saturated heterocycles. The molecule has 0 spiro atoms. The van der Waals surface area contributed by atoms with Crippen molar-refractivity contribution in [2.24, 2.45) is 0 Å². The van der Waals surface area contributed by atoms with E-state index in [1.54, 1.807) is 6.20 Å².